The van der Waals surface area contributed by atoms with Crippen LogP contribution in [0.3, 0.4) is 0 Å². The summed E-state index contributed by atoms with van der Waals surface area (Å²) in [5.74, 6) is -1.82. The Kier molecular flexibility index (Phi) is 8.38. The number of nitrogens with one attached hydrogen (secondary N) is 2. The highest BCUT2D eigenvalue weighted by molar-refractivity contribution is 6.01. The Balaban J connectivity index is 1.34. The molecule has 1 saturated heterocycles. The van der Waals surface area contributed by atoms with Gasteiger partial charge in [-0.05, 0) is 61.6 Å². The summed E-state index contributed by atoms with van der Waals surface area (Å²) in [4.78, 5) is 38.3. The molecule has 0 unspecified atom stereocenters. The average Bonchev–Trinajstić information content (AvgIpc) is 3.33. The molecule has 1 fully saturated rings. The fraction of sp³-hybridized carbons (Fsp3) is 0.276. The van der Waals surface area contributed by atoms with Gasteiger partial charge >= 0.3 is 6.09 Å². The molecule has 0 spiro atoms. The molecule has 38 heavy (non-hydrogen) atoms. The molecule has 198 valence electrons. The van der Waals surface area contributed by atoms with Gasteiger partial charge in [0, 0.05) is 11.7 Å². The molecule has 8 nitrogen and oxygen atoms in total. The summed E-state index contributed by atoms with van der Waals surface area (Å²) in [5.41, 5.74) is 1.93. The van der Waals surface area contributed by atoms with Crippen LogP contribution < -0.4 is 10.6 Å². The van der Waals surface area contributed by atoms with Crippen LogP contribution in [0.25, 0.3) is 0 Å². The maximum absolute atomic E-state index is 13.8. The van der Waals surface area contributed by atoms with Gasteiger partial charge in [0.25, 0.3) is 5.91 Å². The van der Waals surface area contributed by atoms with E-state index in [1.54, 1.807) is 36.4 Å². The fourth-order valence-corrected chi connectivity index (χ4v) is 4.82. The SMILES string of the molecule is C[C@H](NC(=O)c1ccccc1F)C(=O)Nc1ccc(C[C@@H]2CC[C@H]([C@H](O)c3ccccc3)N2C(=O)O)cc1. The van der Waals surface area contributed by atoms with Crippen LogP contribution in [0.5, 0.6) is 0 Å². The Morgan fingerprint density at radius 2 is 1.63 bits per heavy atom. The minimum atomic E-state index is -1.07. The third-order valence-electron chi connectivity index (χ3n) is 6.82. The van der Waals surface area contributed by atoms with Crippen LogP contribution in [0, 0.1) is 5.82 Å². The van der Waals surface area contributed by atoms with E-state index >= 15 is 0 Å². The number of aliphatic hydroxyl groups excluding tert-OH is 1. The maximum atomic E-state index is 13.8. The van der Waals surface area contributed by atoms with E-state index in [-0.39, 0.29) is 11.6 Å². The first-order valence-corrected chi connectivity index (χ1v) is 12.4. The quantitative estimate of drug-likeness (QED) is 0.352. The van der Waals surface area contributed by atoms with Crippen LogP contribution in [0.1, 0.15) is 47.4 Å². The molecule has 3 aromatic rings. The van der Waals surface area contributed by atoms with E-state index in [4.69, 9.17) is 0 Å². The smallest absolute Gasteiger partial charge is 0.407 e. The number of anilines is 1. The molecule has 1 aliphatic heterocycles. The van der Waals surface area contributed by atoms with Crippen molar-refractivity contribution in [2.75, 3.05) is 5.32 Å². The number of carboxylic acid groups (broad SMARTS) is 1. The molecule has 4 N–H and O–H groups in total. The third-order valence-corrected chi connectivity index (χ3v) is 6.82. The lowest BCUT2D eigenvalue weighted by Crippen LogP contribution is -2.44. The van der Waals surface area contributed by atoms with E-state index in [0.29, 0.717) is 30.5 Å². The van der Waals surface area contributed by atoms with Crippen molar-refractivity contribution >= 4 is 23.6 Å². The molecular formula is C29H30FN3O5. The minimum absolute atomic E-state index is 0.141. The number of hydrogen-bond acceptors (Lipinski definition) is 4. The number of aliphatic hydroxyl groups is 1. The van der Waals surface area contributed by atoms with Gasteiger partial charge in [-0.1, -0.05) is 54.6 Å². The molecule has 3 aromatic carbocycles. The number of amides is 3. The largest absolute Gasteiger partial charge is 0.465 e. The number of nitrogens with zero attached hydrogens (tertiary/aromatic N) is 1. The van der Waals surface area contributed by atoms with Crippen molar-refractivity contribution in [3.63, 3.8) is 0 Å². The molecule has 1 aliphatic rings. The highest BCUT2D eigenvalue weighted by Crippen LogP contribution is 2.34. The first kappa shape index (κ1) is 26.8. The van der Waals surface area contributed by atoms with E-state index in [0.717, 1.165) is 5.56 Å². The second kappa shape index (κ2) is 11.9. The summed E-state index contributed by atoms with van der Waals surface area (Å²) in [6.45, 7) is 1.50. The van der Waals surface area contributed by atoms with E-state index in [1.165, 1.54) is 36.1 Å². The Hall–Kier alpha value is -4.24. The third kappa shape index (κ3) is 6.18. The lowest BCUT2D eigenvalue weighted by atomic mass is 10.0. The van der Waals surface area contributed by atoms with Gasteiger partial charge in [0.1, 0.15) is 11.9 Å². The second-order valence-corrected chi connectivity index (χ2v) is 9.41. The Bertz CT molecular complexity index is 1280. The van der Waals surface area contributed by atoms with Crippen molar-refractivity contribution in [2.45, 2.75) is 50.4 Å². The van der Waals surface area contributed by atoms with Gasteiger partial charge in [-0.15, -0.1) is 0 Å². The molecule has 0 radical (unpaired) electrons. The zero-order valence-electron chi connectivity index (χ0n) is 20.9. The lowest BCUT2D eigenvalue weighted by Gasteiger charge is -2.31. The summed E-state index contributed by atoms with van der Waals surface area (Å²) in [7, 11) is 0. The van der Waals surface area contributed by atoms with Gasteiger partial charge in [-0.25, -0.2) is 9.18 Å². The number of carbonyl (C=O) groups is 3. The van der Waals surface area contributed by atoms with E-state index in [1.807, 2.05) is 18.2 Å². The van der Waals surface area contributed by atoms with Crippen LogP contribution in [0.15, 0.2) is 78.9 Å². The molecule has 1 heterocycles. The van der Waals surface area contributed by atoms with Gasteiger partial charge in [0.05, 0.1) is 17.7 Å². The van der Waals surface area contributed by atoms with E-state index < -0.39 is 41.9 Å². The average molecular weight is 520 g/mol. The lowest BCUT2D eigenvalue weighted by molar-refractivity contribution is -0.117. The summed E-state index contributed by atoms with van der Waals surface area (Å²) in [5, 5.41) is 25.9. The summed E-state index contributed by atoms with van der Waals surface area (Å²) < 4.78 is 13.8. The number of rotatable bonds is 8. The van der Waals surface area contributed by atoms with Crippen LogP contribution >= 0.6 is 0 Å². The first-order valence-electron chi connectivity index (χ1n) is 12.4. The Labute approximate surface area is 220 Å². The van der Waals surface area contributed by atoms with Gasteiger partial charge in [-0.2, -0.15) is 0 Å². The number of carbonyl (C=O) groups excluding carboxylic acids is 2. The number of halogens is 1. The highest BCUT2D eigenvalue weighted by Gasteiger charge is 2.41. The molecule has 4 rings (SSSR count). The summed E-state index contributed by atoms with van der Waals surface area (Å²) in [6.07, 6.45) is -0.331. The predicted molar refractivity (Wildman–Crippen MR) is 140 cm³/mol. The fourth-order valence-electron chi connectivity index (χ4n) is 4.82. The molecule has 9 heteroatoms. The van der Waals surface area contributed by atoms with Crippen molar-refractivity contribution < 1.29 is 29.0 Å². The zero-order valence-corrected chi connectivity index (χ0v) is 20.9. The van der Waals surface area contributed by atoms with Gasteiger partial charge in [-0.3, -0.25) is 14.5 Å². The molecule has 4 atom stereocenters. The van der Waals surface area contributed by atoms with E-state index in [9.17, 15) is 29.0 Å². The number of likely N-dealkylation sites (tertiary alicyclic amines) is 1. The zero-order chi connectivity index (χ0) is 27.2. The van der Waals surface area contributed by atoms with Gasteiger partial charge < -0.3 is 20.8 Å². The molecule has 0 aliphatic carbocycles. The molecule has 0 saturated carbocycles. The Morgan fingerprint density at radius 3 is 2.29 bits per heavy atom. The van der Waals surface area contributed by atoms with Crippen molar-refractivity contribution in [1.29, 1.82) is 0 Å². The first-order chi connectivity index (χ1) is 18.2. The normalized spacial score (nSPS) is 18.4. The van der Waals surface area contributed by atoms with Crippen LogP contribution in [-0.2, 0) is 11.2 Å². The molecule has 0 bridgehead atoms. The van der Waals surface area contributed by atoms with Crippen molar-refractivity contribution in [3.8, 4) is 0 Å². The predicted octanol–water partition coefficient (Wildman–Crippen LogP) is 4.37. The molecule has 0 aromatic heterocycles. The molecule has 3 amide bonds. The highest BCUT2D eigenvalue weighted by atomic mass is 19.1. The maximum Gasteiger partial charge on any atom is 0.407 e. The van der Waals surface area contributed by atoms with Crippen LogP contribution in [0.4, 0.5) is 14.9 Å². The van der Waals surface area contributed by atoms with Crippen molar-refractivity contribution in [1.82, 2.24) is 10.2 Å². The van der Waals surface area contributed by atoms with Crippen LogP contribution in [0.2, 0.25) is 0 Å². The second-order valence-electron chi connectivity index (χ2n) is 9.41. The summed E-state index contributed by atoms with van der Waals surface area (Å²) >= 11 is 0. The topological polar surface area (TPSA) is 119 Å². The standard InChI is InChI=1S/C29H30FN3O5/c1-18(31-28(36)23-9-5-6-10-24(23)30)27(35)32-21-13-11-19(12-14-21)17-22-15-16-25(33(22)29(37)38)26(34)20-7-3-2-4-8-20/h2-14,18,22,25-26,34H,15-17H2,1H3,(H,31,36)(H,32,35)(H,37,38)/t18-,22-,25+,26+/m0/s1. The van der Waals surface area contributed by atoms with Crippen LogP contribution in [-0.4, -0.2) is 51.1 Å². The molecular weight excluding hydrogens is 489 g/mol. The van der Waals surface area contributed by atoms with Crippen molar-refractivity contribution in [2.24, 2.45) is 0 Å². The van der Waals surface area contributed by atoms with Crippen molar-refractivity contribution in [3.05, 3.63) is 101 Å². The summed E-state index contributed by atoms with van der Waals surface area (Å²) in [6, 6.07) is 19.9. The Morgan fingerprint density at radius 1 is 0.974 bits per heavy atom. The minimum Gasteiger partial charge on any atom is -0.465 e. The number of hydrogen-bond donors (Lipinski definition) is 4. The monoisotopic (exact) mass is 519 g/mol. The van der Waals surface area contributed by atoms with E-state index in [2.05, 4.69) is 10.6 Å². The van der Waals surface area contributed by atoms with Gasteiger partial charge in [0.2, 0.25) is 5.91 Å². The number of benzene rings is 3. The van der Waals surface area contributed by atoms with Gasteiger partial charge in [0.15, 0.2) is 0 Å².